The summed E-state index contributed by atoms with van der Waals surface area (Å²) in [7, 11) is 0. The topological polar surface area (TPSA) is 126 Å². The number of hydrogen-bond donors (Lipinski definition) is 4. The molecular weight excluding hydrogens is 358 g/mol. The van der Waals surface area contributed by atoms with Gasteiger partial charge in [-0.3, -0.25) is 19.4 Å². The lowest BCUT2D eigenvalue weighted by Crippen LogP contribution is -2.46. The first-order chi connectivity index (χ1) is 13.3. The summed E-state index contributed by atoms with van der Waals surface area (Å²) in [4.78, 5) is 40.1. The Hall–Kier alpha value is -3.26. The van der Waals surface area contributed by atoms with Crippen molar-refractivity contribution in [2.24, 2.45) is 11.7 Å². The van der Waals surface area contributed by atoms with Crippen molar-refractivity contribution in [3.05, 3.63) is 53.9 Å². The van der Waals surface area contributed by atoms with Crippen molar-refractivity contribution in [1.82, 2.24) is 10.3 Å². The van der Waals surface area contributed by atoms with Gasteiger partial charge in [0, 0.05) is 29.3 Å². The van der Waals surface area contributed by atoms with E-state index in [1.165, 1.54) is 12.4 Å². The van der Waals surface area contributed by atoms with Gasteiger partial charge < -0.3 is 21.7 Å². The van der Waals surface area contributed by atoms with E-state index in [0.717, 1.165) is 5.56 Å². The Labute approximate surface area is 163 Å². The minimum absolute atomic E-state index is 0.0216. The van der Waals surface area contributed by atoms with E-state index in [-0.39, 0.29) is 30.2 Å². The molecule has 5 N–H and O–H groups in total. The number of aryl methyl sites for hydroxylation is 1. The first-order valence-electron chi connectivity index (χ1n) is 8.93. The highest BCUT2D eigenvalue weighted by atomic mass is 16.2. The predicted octanol–water partition coefficient (Wildman–Crippen LogP) is 1.68. The van der Waals surface area contributed by atoms with Crippen LogP contribution in [0.25, 0.3) is 0 Å². The van der Waals surface area contributed by atoms with E-state index < -0.39 is 6.04 Å². The normalized spacial score (nSPS) is 11.6. The minimum atomic E-state index is -0.665. The molecule has 1 aromatic heterocycles. The fourth-order valence-corrected chi connectivity index (χ4v) is 2.33. The van der Waals surface area contributed by atoms with E-state index in [9.17, 15) is 14.4 Å². The number of carbonyl (C=O) groups excluding carboxylic acids is 3. The Morgan fingerprint density at radius 1 is 1.07 bits per heavy atom. The molecule has 0 saturated heterocycles. The number of nitrogens with one attached hydrogen (secondary N) is 3. The molecule has 0 radical (unpaired) electrons. The van der Waals surface area contributed by atoms with Crippen molar-refractivity contribution in [3.63, 3.8) is 0 Å². The van der Waals surface area contributed by atoms with Crippen LogP contribution in [0.3, 0.4) is 0 Å². The lowest BCUT2D eigenvalue weighted by molar-refractivity contribution is -0.125. The molecule has 2 rings (SSSR count). The minimum Gasteiger partial charge on any atom is -0.346 e. The summed E-state index contributed by atoms with van der Waals surface area (Å²) in [6, 6.07) is 7.72. The van der Waals surface area contributed by atoms with Crippen LogP contribution in [0.15, 0.2) is 42.7 Å². The SMILES string of the molecule is Cc1ccc(NC(=O)CNC(=O)[C@@H](N)C(C)C)cc1NC(=O)c1ccncc1. The van der Waals surface area contributed by atoms with Gasteiger partial charge in [0.05, 0.1) is 12.6 Å². The van der Waals surface area contributed by atoms with E-state index in [1.807, 2.05) is 20.8 Å². The summed E-state index contributed by atoms with van der Waals surface area (Å²) >= 11 is 0. The number of nitrogens with zero attached hydrogens (tertiary/aromatic N) is 1. The van der Waals surface area contributed by atoms with Gasteiger partial charge in [0.25, 0.3) is 5.91 Å². The Bertz CT molecular complexity index is 852. The number of pyridine rings is 1. The van der Waals surface area contributed by atoms with Crippen molar-refractivity contribution in [1.29, 1.82) is 0 Å². The average molecular weight is 383 g/mol. The molecule has 0 spiro atoms. The number of aromatic nitrogens is 1. The number of rotatable bonds is 7. The van der Waals surface area contributed by atoms with Crippen molar-refractivity contribution in [2.75, 3.05) is 17.2 Å². The fraction of sp³-hybridized carbons (Fsp3) is 0.300. The molecule has 28 heavy (non-hydrogen) atoms. The Morgan fingerprint density at radius 2 is 1.75 bits per heavy atom. The summed E-state index contributed by atoms with van der Waals surface area (Å²) in [5.74, 6) is -1.06. The highest BCUT2D eigenvalue weighted by Crippen LogP contribution is 2.21. The Balaban J connectivity index is 1.98. The molecule has 0 aliphatic carbocycles. The third kappa shape index (κ3) is 5.88. The second-order valence-corrected chi connectivity index (χ2v) is 6.76. The van der Waals surface area contributed by atoms with E-state index in [0.29, 0.717) is 16.9 Å². The fourth-order valence-electron chi connectivity index (χ4n) is 2.33. The molecular formula is C20H25N5O3. The molecule has 0 aliphatic rings. The maximum absolute atomic E-state index is 12.3. The van der Waals surface area contributed by atoms with Gasteiger partial charge in [-0.1, -0.05) is 19.9 Å². The number of carbonyl (C=O) groups is 3. The van der Waals surface area contributed by atoms with Crippen LogP contribution in [0, 0.1) is 12.8 Å². The van der Waals surface area contributed by atoms with Crippen LogP contribution in [0.5, 0.6) is 0 Å². The van der Waals surface area contributed by atoms with Crippen LogP contribution in [0.4, 0.5) is 11.4 Å². The van der Waals surface area contributed by atoms with Gasteiger partial charge in [-0.25, -0.2) is 0 Å². The first kappa shape index (κ1) is 21.0. The molecule has 0 bridgehead atoms. The molecule has 0 fully saturated rings. The van der Waals surface area contributed by atoms with Crippen LogP contribution in [0.2, 0.25) is 0 Å². The largest absolute Gasteiger partial charge is 0.346 e. The average Bonchev–Trinajstić information content (AvgIpc) is 2.68. The summed E-state index contributed by atoms with van der Waals surface area (Å²) in [5.41, 5.74) is 8.14. The Morgan fingerprint density at radius 3 is 2.39 bits per heavy atom. The molecule has 8 nitrogen and oxygen atoms in total. The lowest BCUT2D eigenvalue weighted by Gasteiger charge is -2.15. The van der Waals surface area contributed by atoms with Gasteiger partial charge in [0.1, 0.15) is 0 Å². The van der Waals surface area contributed by atoms with Crippen LogP contribution < -0.4 is 21.7 Å². The first-order valence-corrected chi connectivity index (χ1v) is 8.93. The maximum atomic E-state index is 12.3. The van der Waals surface area contributed by atoms with Crippen molar-refractivity contribution >= 4 is 29.1 Å². The number of amides is 3. The van der Waals surface area contributed by atoms with E-state index in [4.69, 9.17) is 5.73 Å². The second kappa shape index (κ2) is 9.61. The zero-order valence-corrected chi connectivity index (χ0v) is 16.2. The number of benzene rings is 1. The van der Waals surface area contributed by atoms with Crippen molar-refractivity contribution in [3.8, 4) is 0 Å². The summed E-state index contributed by atoms with van der Waals surface area (Å²) < 4.78 is 0. The van der Waals surface area contributed by atoms with E-state index in [2.05, 4.69) is 20.9 Å². The van der Waals surface area contributed by atoms with Gasteiger partial charge in [-0.15, -0.1) is 0 Å². The van der Waals surface area contributed by atoms with Gasteiger partial charge in [-0.2, -0.15) is 0 Å². The van der Waals surface area contributed by atoms with Gasteiger partial charge in [-0.05, 0) is 42.7 Å². The molecule has 148 valence electrons. The maximum Gasteiger partial charge on any atom is 0.255 e. The number of anilines is 2. The standard InChI is InChI=1S/C20H25N5O3/c1-12(2)18(21)20(28)23-11-17(26)24-15-5-4-13(3)16(10-15)25-19(27)14-6-8-22-9-7-14/h4-10,12,18H,11,21H2,1-3H3,(H,23,28)(H,24,26)(H,25,27)/t18-/m0/s1. The summed E-state index contributed by atoms with van der Waals surface area (Å²) in [6.45, 7) is 5.32. The molecule has 1 heterocycles. The van der Waals surface area contributed by atoms with E-state index in [1.54, 1.807) is 30.3 Å². The van der Waals surface area contributed by atoms with Gasteiger partial charge >= 0.3 is 0 Å². The third-order valence-electron chi connectivity index (χ3n) is 4.16. The van der Waals surface area contributed by atoms with Crippen molar-refractivity contribution < 1.29 is 14.4 Å². The molecule has 8 heteroatoms. The monoisotopic (exact) mass is 383 g/mol. The van der Waals surface area contributed by atoms with E-state index >= 15 is 0 Å². The van der Waals surface area contributed by atoms with Crippen molar-refractivity contribution in [2.45, 2.75) is 26.8 Å². The molecule has 2 aromatic rings. The molecule has 1 aromatic carbocycles. The Kier molecular flexibility index (Phi) is 7.22. The lowest BCUT2D eigenvalue weighted by atomic mass is 10.1. The zero-order valence-electron chi connectivity index (χ0n) is 16.2. The van der Waals surface area contributed by atoms with Crippen LogP contribution in [0.1, 0.15) is 29.8 Å². The summed E-state index contributed by atoms with van der Waals surface area (Å²) in [6.07, 6.45) is 3.08. The zero-order chi connectivity index (χ0) is 20.7. The molecule has 3 amide bonds. The summed E-state index contributed by atoms with van der Waals surface area (Å²) in [5, 5.41) is 8.02. The number of nitrogens with two attached hydrogens (primary N) is 1. The van der Waals surface area contributed by atoms with Gasteiger partial charge in [0.15, 0.2) is 0 Å². The number of hydrogen-bond acceptors (Lipinski definition) is 5. The highest BCUT2D eigenvalue weighted by molar-refractivity contribution is 6.05. The smallest absolute Gasteiger partial charge is 0.255 e. The molecule has 0 unspecified atom stereocenters. The quantitative estimate of drug-likeness (QED) is 0.579. The third-order valence-corrected chi connectivity index (χ3v) is 4.16. The molecule has 0 aliphatic heterocycles. The second-order valence-electron chi connectivity index (χ2n) is 6.76. The van der Waals surface area contributed by atoms with Crippen LogP contribution >= 0.6 is 0 Å². The van der Waals surface area contributed by atoms with Crippen LogP contribution in [-0.4, -0.2) is 35.3 Å². The predicted molar refractivity (Wildman–Crippen MR) is 108 cm³/mol. The molecule has 1 atom stereocenters. The van der Waals surface area contributed by atoms with Crippen LogP contribution in [-0.2, 0) is 9.59 Å². The van der Waals surface area contributed by atoms with Gasteiger partial charge in [0.2, 0.25) is 11.8 Å². The highest BCUT2D eigenvalue weighted by Gasteiger charge is 2.17. The molecule has 0 saturated carbocycles.